The SMILES string of the molecule is CCOC(=O)Cn1nc(C(=O)OCC)c2c1C(=O)C(=CN(C)C)CC2. The fraction of sp³-hybridized carbons (Fsp3) is 0.529. The molecule has 8 heteroatoms. The van der Waals surface area contributed by atoms with Gasteiger partial charge in [-0.05, 0) is 26.7 Å². The van der Waals surface area contributed by atoms with Crippen LogP contribution in [0.15, 0.2) is 11.8 Å². The van der Waals surface area contributed by atoms with Crippen molar-refractivity contribution < 1.29 is 23.9 Å². The summed E-state index contributed by atoms with van der Waals surface area (Å²) in [7, 11) is 3.66. The topological polar surface area (TPSA) is 90.7 Å². The van der Waals surface area contributed by atoms with E-state index in [1.807, 2.05) is 14.1 Å². The zero-order valence-corrected chi connectivity index (χ0v) is 15.0. The number of fused-ring (bicyclic) bond motifs is 1. The summed E-state index contributed by atoms with van der Waals surface area (Å²) in [6.45, 7) is 3.61. The number of Topliss-reactive ketones (excluding diaryl/α,β-unsaturated/α-hetero) is 1. The van der Waals surface area contributed by atoms with E-state index in [1.165, 1.54) is 4.68 Å². The van der Waals surface area contributed by atoms with E-state index >= 15 is 0 Å². The van der Waals surface area contributed by atoms with Gasteiger partial charge < -0.3 is 14.4 Å². The Morgan fingerprint density at radius 2 is 1.88 bits per heavy atom. The Balaban J connectivity index is 2.48. The second-order valence-electron chi connectivity index (χ2n) is 5.81. The molecule has 0 aliphatic heterocycles. The number of aromatic nitrogens is 2. The highest BCUT2D eigenvalue weighted by Gasteiger charge is 2.33. The number of carbonyl (C=O) groups excluding carboxylic acids is 3. The summed E-state index contributed by atoms with van der Waals surface area (Å²) in [5.41, 5.74) is 1.50. The molecule has 0 fully saturated rings. The van der Waals surface area contributed by atoms with Crippen molar-refractivity contribution >= 4 is 17.7 Å². The van der Waals surface area contributed by atoms with Gasteiger partial charge in [0.15, 0.2) is 5.69 Å². The maximum absolute atomic E-state index is 12.8. The van der Waals surface area contributed by atoms with Gasteiger partial charge in [0.1, 0.15) is 12.2 Å². The minimum Gasteiger partial charge on any atom is -0.465 e. The average Bonchev–Trinajstić information content (AvgIpc) is 2.89. The minimum absolute atomic E-state index is 0.0957. The zero-order chi connectivity index (χ0) is 18.6. The molecule has 0 aromatic carbocycles. The van der Waals surface area contributed by atoms with Crippen LogP contribution >= 0.6 is 0 Å². The summed E-state index contributed by atoms with van der Waals surface area (Å²) >= 11 is 0. The molecule has 0 atom stereocenters. The lowest BCUT2D eigenvalue weighted by Crippen LogP contribution is -2.23. The van der Waals surface area contributed by atoms with Crippen LogP contribution in [-0.2, 0) is 27.2 Å². The molecular weight excluding hydrogens is 326 g/mol. The molecule has 0 bridgehead atoms. The van der Waals surface area contributed by atoms with Gasteiger partial charge in [-0.25, -0.2) is 9.48 Å². The van der Waals surface area contributed by atoms with Crippen LogP contribution in [0.2, 0.25) is 0 Å². The number of esters is 2. The number of ether oxygens (including phenoxy) is 2. The Labute approximate surface area is 146 Å². The van der Waals surface area contributed by atoms with Crippen LogP contribution in [-0.4, -0.2) is 59.7 Å². The number of hydrogen-bond donors (Lipinski definition) is 0. The summed E-state index contributed by atoms with van der Waals surface area (Å²) in [4.78, 5) is 38.6. The van der Waals surface area contributed by atoms with E-state index in [0.29, 0.717) is 24.0 Å². The van der Waals surface area contributed by atoms with E-state index in [2.05, 4.69) is 5.10 Å². The molecule has 1 aliphatic rings. The molecule has 1 aliphatic carbocycles. The third kappa shape index (κ3) is 4.07. The standard InChI is InChI=1S/C17H23N3O5/c1-5-24-13(21)10-20-15-12(14(18-20)17(23)25-6-2)8-7-11(16(15)22)9-19(3)4/h9H,5-8,10H2,1-4H3. The molecule has 0 spiro atoms. The van der Waals surface area contributed by atoms with Crippen molar-refractivity contribution in [1.29, 1.82) is 0 Å². The maximum Gasteiger partial charge on any atom is 0.359 e. The van der Waals surface area contributed by atoms with Gasteiger partial charge in [0.25, 0.3) is 0 Å². The molecule has 136 valence electrons. The molecule has 0 saturated carbocycles. The van der Waals surface area contributed by atoms with Gasteiger partial charge in [-0.1, -0.05) is 0 Å². The molecule has 0 unspecified atom stereocenters. The van der Waals surface area contributed by atoms with E-state index < -0.39 is 11.9 Å². The molecule has 2 rings (SSSR count). The molecule has 0 radical (unpaired) electrons. The highest BCUT2D eigenvalue weighted by atomic mass is 16.5. The first-order chi connectivity index (χ1) is 11.9. The summed E-state index contributed by atoms with van der Waals surface area (Å²) in [5, 5.41) is 4.18. The number of nitrogens with zero attached hydrogens (tertiary/aromatic N) is 3. The summed E-state index contributed by atoms with van der Waals surface area (Å²) in [6, 6.07) is 0. The molecule has 1 aromatic rings. The minimum atomic E-state index is -0.589. The Morgan fingerprint density at radius 1 is 1.20 bits per heavy atom. The van der Waals surface area contributed by atoms with Crippen molar-refractivity contribution in [2.24, 2.45) is 0 Å². The number of allylic oxidation sites excluding steroid dienone is 1. The lowest BCUT2D eigenvalue weighted by Gasteiger charge is -2.18. The molecule has 1 aromatic heterocycles. The average molecular weight is 349 g/mol. The summed E-state index contributed by atoms with van der Waals surface area (Å²) < 4.78 is 11.2. The first-order valence-corrected chi connectivity index (χ1v) is 8.23. The van der Waals surface area contributed by atoms with Crippen molar-refractivity contribution in [2.45, 2.75) is 33.2 Å². The predicted molar refractivity (Wildman–Crippen MR) is 89.2 cm³/mol. The normalized spacial score (nSPS) is 15.0. The van der Waals surface area contributed by atoms with Gasteiger partial charge in [-0.2, -0.15) is 5.10 Å². The van der Waals surface area contributed by atoms with Crippen molar-refractivity contribution in [1.82, 2.24) is 14.7 Å². The Morgan fingerprint density at radius 3 is 2.48 bits per heavy atom. The molecule has 25 heavy (non-hydrogen) atoms. The molecule has 1 heterocycles. The van der Waals surface area contributed by atoms with Crippen molar-refractivity contribution in [3.63, 3.8) is 0 Å². The van der Waals surface area contributed by atoms with E-state index in [9.17, 15) is 14.4 Å². The first-order valence-electron chi connectivity index (χ1n) is 8.23. The van der Waals surface area contributed by atoms with Crippen LogP contribution in [0, 0.1) is 0 Å². The number of ketones is 1. The maximum atomic E-state index is 12.8. The van der Waals surface area contributed by atoms with Gasteiger partial charge >= 0.3 is 11.9 Å². The molecule has 0 saturated heterocycles. The van der Waals surface area contributed by atoms with Crippen LogP contribution in [0.4, 0.5) is 0 Å². The number of carbonyl (C=O) groups is 3. The van der Waals surface area contributed by atoms with Crippen molar-refractivity contribution in [3.8, 4) is 0 Å². The number of hydrogen-bond acceptors (Lipinski definition) is 7. The van der Waals surface area contributed by atoms with Gasteiger partial charge in [-0.3, -0.25) is 9.59 Å². The first kappa shape index (κ1) is 18.7. The second kappa shape index (κ2) is 7.96. The Kier molecular flexibility index (Phi) is 5.95. The fourth-order valence-electron chi connectivity index (χ4n) is 2.76. The van der Waals surface area contributed by atoms with E-state index in [1.54, 1.807) is 24.9 Å². The zero-order valence-electron chi connectivity index (χ0n) is 15.0. The molecule has 0 amide bonds. The monoisotopic (exact) mass is 349 g/mol. The van der Waals surface area contributed by atoms with Gasteiger partial charge in [0.2, 0.25) is 5.78 Å². The molecule has 8 nitrogen and oxygen atoms in total. The third-order valence-electron chi connectivity index (χ3n) is 3.67. The summed E-state index contributed by atoms with van der Waals surface area (Å²) in [6.07, 6.45) is 2.73. The molecule has 0 N–H and O–H groups in total. The van der Waals surface area contributed by atoms with E-state index in [0.717, 1.165) is 0 Å². The van der Waals surface area contributed by atoms with E-state index in [4.69, 9.17) is 9.47 Å². The van der Waals surface area contributed by atoms with Crippen molar-refractivity contribution in [2.75, 3.05) is 27.3 Å². The predicted octanol–water partition coefficient (Wildman–Crippen LogP) is 1.20. The van der Waals surface area contributed by atoms with Crippen LogP contribution in [0.3, 0.4) is 0 Å². The van der Waals surface area contributed by atoms with Gasteiger partial charge in [-0.15, -0.1) is 0 Å². The van der Waals surface area contributed by atoms with Crippen LogP contribution < -0.4 is 0 Å². The highest BCUT2D eigenvalue weighted by molar-refractivity contribution is 6.11. The summed E-state index contributed by atoms with van der Waals surface area (Å²) in [5.74, 6) is -1.34. The smallest absolute Gasteiger partial charge is 0.359 e. The lowest BCUT2D eigenvalue weighted by atomic mass is 9.90. The number of rotatable bonds is 6. The second-order valence-corrected chi connectivity index (χ2v) is 5.81. The van der Waals surface area contributed by atoms with Crippen LogP contribution in [0.1, 0.15) is 46.8 Å². The lowest BCUT2D eigenvalue weighted by molar-refractivity contribution is -0.144. The van der Waals surface area contributed by atoms with Crippen LogP contribution in [0.25, 0.3) is 0 Å². The van der Waals surface area contributed by atoms with Crippen molar-refractivity contribution in [3.05, 3.63) is 28.7 Å². The Bertz CT molecular complexity index is 718. The fourth-order valence-corrected chi connectivity index (χ4v) is 2.76. The highest BCUT2D eigenvalue weighted by Crippen LogP contribution is 2.28. The van der Waals surface area contributed by atoms with E-state index in [-0.39, 0.29) is 36.9 Å². The molecular formula is C17H23N3O5. The van der Waals surface area contributed by atoms with Crippen LogP contribution in [0.5, 0.6) is 0 Å². The van der Waals surface area contributed by atoms with Gasteiger partial charge in [0.05, 0.1) is 13.2 Å². The quantitative estimate of drug-likeness (QED) is 0.563. The largest absolute Gasteiger partial charge is 0.465 e. The third-order valence-corrected chi connectivity index (χ3v) is 3.67. The Hall–Kier alpha value is -2.64. The van der Waals surface area contributed by atoms with Gasteiger partial charge in [0, 0.05) is 31.4 Å².